The molecule has 1 unspecified atom stereocenters. The summed E-state index contributed by atoms with van der Waals surface area (Å²) in [7, 11) is 0. The molecule has 0 saturated heterocycles. The summed E-state index contributed by atoms with van der Waals surface area (Å²) in [6, 6.07) is 5.16. The minimum absolute atomic E-state index is 0.137. The summed E-state index contributed by atoms with van der Waals surface area (Å²) in [5.41, 5.74) is 6.66. The van der Waals surface area contributed by atoms with E-state index in [4.69, 9.17) is 17.3 Å². The molecule has 3 N–H and O–H groups in total. The van der Waals surface area contributed by atoms with Crippen molar-refractivity contribution in [2.45, 2.75) is 32.2 Å². The van der Waals surface area contributed by atoms with Gasteiger partial charge in [-0.2, -0.15) is 0 Å². The van der Waals surface area contributed by atoms with Gasteiger partial charge in [0.25, 0.3) is 5.91 Å². The topological polar surface area (TPSA) is 55.1 Å². The quantitative estimate of drug-likeness (QED) is 0.813. The zero-order valence-corrected chi connectivity index (χ0v) is 10.6. The monoisotopic (exact) mass is 252 g/mol. The number of anilines is 1. The van der Waals surface area contributed by atoms with Crippen LogP contribution in [0.1, 0.15) is 36.5 Å². The third-order valence-corrected chi connectivity index (χ3v) is 3.78. The molecule has 0 aromatic heterocycles. The molecule has 0 spiro atoms. The van der Waals surface area contributed by atoms with Gasteiger partial charge in [-0.3, -0.25) is 4.79 Å². The molecule has 1 atom stereocenters. The lowest BCUT2D eigenvalue weighted by atomic mass is 9.80. The van der Waals surface area contributed by atoms with E-state index in [1.165, 1.54) is 19.3 Å². The van der Waals surface area contributed by atoms with Gasteiger partial charge in [-0.05, 0) is 43.9 Å². The van der Waals surface area contributed by atoms with Gasteiger partial charge in [0.2, 0.25) is 0 Å². The average molecular weight is 253 g/mol. The first-order valence-electron chi connectivity index (χ1n) is 5.94. The Kier molecular flexibility index (Phi) is 3.57. The molecular weight excluding hydrogens is 236 g/mol. The van der Waals surface area contributed by atoms with Crippen molar-refractivity contribution in [3.8, 4) is 0 Å². The van der Waals surface area contributed by atoms with Gasteiger partial charge in [0.15, 0.2) is 0 Å². The van der Waals surface area contributed by atoms with Gasteiger partial charge in [0.05, 0.1) is 10.6 Å². The molecule has 1 aromatic carbocycles. The number of hydrogen-bond donors (Lipinski definition) is 2. The Morgan fingerprint density at radius 2 is 2.24 bits per heavy atom. The molecule has 0 heterocycles. The van der Waals surface area contributed by atoms with Crippen LogP contribution in [0, 0.1) is 5.92 Å². The van der Waals surface area contributed by atoms with Gasteiger partial charge in [-0.25, -0.2) is 0 Å². The minimum Gasteiger partial charge on any atom is -0.399 e. The molecule has 0 bridgehead atoms. The van der Waals surface area contributed by atoms with Gasteiger partial charge in [0, 0.05) is 11.7 Å². The Morgan fingerprint density at radius 3 is 2.82 bits per heavy atom. The number of benzene rings is 1. The number of carbonyl (C=O) groups excluding carboxylic acids is 1. The van der Waals surface area contributed by atoms with Crippen LogP contribution in [0.3, 0.4) is 0 Å². The highest BCUT2D eigenvalue weighted by molar-refractivity contribution is 6.34. The maximum Gasteiger partial charge on any atom is 0.253 e. The van der Waals surface area contributed by atoms with E-state index in [2.05, 4.69) is 5.32 Å². The summed E-state index contributed by atoms with van der Waals surface area (Å²) >= 11 is 5.99. The molecular formula is C13H17ClN2O. The highest BCUT2D eigenvalue weighted by Crippen LogP contribution is 2.29. The van der Waals surface area contributed by atoms with Gasteiger partial charge in [-0.1, -0.05) is 18.0 Å². The van der Waals surface area contributed by atoms with Crippen molar-refractivity contribution in [1.82, 2.24) is 5.32 Å². The van der Waals surface area contributed by atoms with Crippen molar-refractivity contribution in [3.63, 3.8) is 0 Å². The Morgan fingerprint density at radius 1 is 1.53 bits per heavy atom. The maximum atomic E-state index is 12.0. The molecule has 17 heavy (non-hydrogen) atoms. The highest BCUT2D eigenvalue weighted by Gasteiger charge is 2.25. The predicted molar refractivity (Wildman–Crippen MR) is 70.1 cm³/mol. The molecule has 1 saturated carbocycles. The SMILES string of the molecule is CC(NC(=O)c1cc(N)ccc1Cl)C1CCC1. The molecule has 2 rings (SSSR count). The normalized spacial score (nSPS) is 17.3. The lowest BCUT2D eigenvalue weighted by Crippen LogP contribution is -2.40. The number of amides is 1. The Hall–Kier alpha value is -1.22. The first-order valence-corrected chi connectivity index (χ1v) is 6.31. The van der Waals surface area contributed by atoms with Crippen molar-refractivity contribution in [2.24, 2.45) is 5.92 Å². The fourth-order valence-corrected chi connectivity index (χ4v) is 2.26. The second-order valence-electron chi connectivity index (χ2n) is 4.69. The zero-order chi connectivity index (χ0) is 12.4. The van der Waals surface area contributed by atoms with Crippen LogP contribution < -0.4 is 11.1 Å². The van der Waals surface area contributed by atoms with Crippen LogP contribution in [0.4, 0.5) is 5.69 Å². The van der Waals surface area contributed by atoms with Gasteiger partial charge in [0.1, 0.15) is 0 Å². The van der Waals surface area contributed by atoms with E-state index < -0.39 is 0 Å². The Balaban J connectivity index is 2.05. The third-order valence-electron chi connectivity index (χ3n) is 3.45. The van der Waals surface area contributed by atoms with Gasteiger partial charge in [-0.15, -0.1) is 0 Å². The van der Waals surface area contributed by atoms with E-state index >= 15 is 0 Å². The highest BCUT2D eigenvalue weighted by atomic mass is 35.5. The van der Waals surface area contributed by atoms with Crippen LogP contribution in [0.15, 0.2) is 18.2 Å². The van der Waals surface area contributed by atoms with Gasteiger partial charge < -0.3 is 11.1 Å². The summed E-state index contributed by atoms with van der Waals surface area (Å²) in [6.07, 6.45) is 3.67. The number of nitrogens with two attached hydrogens (primary N) is 1. The first-order chi connectivity index (χ1) is 8.08. The standard InChI is InChI=1S/C13H17ClN2O/c1-8(9-3-2-4-9)16-13(17)11-7-10(15)5-6-12(11)14/h5-9H,2-4,15H2,1H3,(H,16,17). The fourth-order valence-electron chi connectivity index (χ4n) is 2.06. The molecule has 1 aromatic rings. The van der Waals surface area contributed by atoms with Crippen molar-refractivity contribution >= 4 is 23.2 Å². The van der Waals surface area contributed by atoms with Crippen molar-refractivity contribution in [3.05, 3.63) is 28.8 Å². The average Bonchev–Trinajstić information content (AvgIpc) is 2.18. The molecule has 1 aliphatic carbocycles. The molecule has 0 radical (unpaired) electrons. The van der Waals surface area contributed by atoms with Crippen molar-refractivity contribution < 1.29 is 4.79 Å². The number of carbonyl (C=O) groups is 1. The maximum absolute atomic E-state index is 12.0. The van der Waals surface area contributed by atoms with E-state index in [0.717, 1.165) is 0 Å². The lowest BCUT2D eigenvalue weighted by molar-refractivity contribution is 0.0909. The molecule has 0 aliphatic heterocycles. The summed E-state index contributed by atoms with van der Waals surface area (Å²) in [5.74, 6) is 0.473. The zero-order valence-electron chi connectivity index (χ0n) is 9.87. The number of hydrogen-bond acceptors (Lipinski definition) is 2. The summed E-state index contributed by atoms with van der Waals surface area (Å²) in [5, 5.41) is 3.43. The predicted octanol–water partition coefficient (Wildman–Crippen LogP) is 2.84. The van der Waals surface area contributed by atoms with Crippen LogP contribution in [0.5, 0.6) is 0 Å². The van der Waals surface area contributed by atoms with E-state index in [-0.39, 0.29) is 11.9 Å². The first kappa shape index (κ1) is 12.2. The number of halogens is 1. The summed E-state index contributed by atoms with van der Waals surface area (Å²) in [4.78, 5) is 12.0. The molecule has 1 aliphatic rings. The number of rotatable bonds is 3. The van der Waals surface area contributed by atoms with E-state index in [0.29, 0.717) is 22.2 Å². The van der Waals surface area contributed by atoms with E-state index in [1.54, 1.807) is 18.2 Å². The second-order valence-corrected chi connectivity index (χ2v) is 5.10. The van der Waals surface area contributed by atoms with Crippen molar-refractivity contribution in [1.29, 1.82) is 0 Å². The molecule has 1 amide bonds. The van der Waals surface area contributed by atoms with Crippen LogP contribution in [-0.4, -0.2) is 11.9 Å². The Bertz CT molecular complexity index is 429. The molecule has 3 nitrogen and oxygen atoms in total. The smallest absolute Gasteiger partial charge is 0.253 e. The number of nitrogens with one attached hydrogen (secondary N) is 1. The van der Waals surface area contributed by atoms with Crippen molar-refractivity contribution in [2.75, 3.05) is 5.73 Å². The molecule has 92 valence electrons. The van der Waals surface area contributed by atoms with Crippen LogP contribution in [-0.2, 0) is 0 Å². The molecule has 1 fully saturated rings. The largest absolute Gasteiger partial charge is 0.399 e. The summed E-state index contributed by atoms with van der Waals surface area (Å²) in [6.45, 7) is 2.04. The van der Waals surface area contributed by atoms with E-state index in [1.807, 2.05) is 6.92 Å². The lowest BCUT2D eigenvalue weighted by Gasteiger charge is -2.31. The summed E-state index contributed by atoms with van der Waals surface area (Å²) < 4.78 is 0. The fraction of sp³-hybridized carbons (Fsp3) is 0.462. The van der Waals surface area contributed by atoms with Gasteiger partial charge >= 0.3 is 0 Å². The third kappa shape index (κ3) is 2.72. The van der Waals surface area contributed by atoms with Crippen LogP contribution >= 0.6 is 11.6 Å². The second kappa shape index (κ2) is 4.96. The van der Waals surface area contributed by atoms with Crippen LogP contribution in [0.2, 0.25) is 5.02 Å². The van der Waals surface area contributed by atoms with E-state index in [9.17, 15) is 4.79 Å². The molecule has 4 heteroatoms. The number of nitrogen functional groups attached to an aromatic ring is 1. The van der Waals surface area contributed by atoms with Crippen LogP contribution in [0.25, 0.3) is 0 Å². The minimum atomic E-state index is -0.137. The Labute approximate surface area is 106 Å².